The fourth-order valence-corrected chi connectivity index (χ4v) is 3.30. The predicted octanol–water partition coefficient (Wildman–Crippen LogP) is 1.24. The molecule has 96 valence electrons. The fourth-order valence-electron chi connectivity index (χ4n) is 1.63. The number of aryl methyl sites for hydroxylation is 2. The van der Waals surface area contributed by atoms with Crippen molar-refractivity contribution in [2.24, 2.45) is 5.84 Å². The van der Waals surface area contributed by atoms with Crippen molar-refractivity contribution in [1.82, 2.24) is 9.99 Å². The van der Waals surface area contributed by atoms with Crippen molar-refractivity contribution in [2.75, 3.05) is 0 Å². The molecule has 2 aromatic rings. The second-order valence-corrected chi connectivity index (χ2v) is 5.97. The first kappa shape index (κ1) is 13.0. The van der Waals surface area contributed by atoms with Crippen molar-refractivity contribution >= 4 is 28.6 Å². The summed E-state index contributed by atoms with van der Waals surface area (Å²) in [6.07, 6.45) is 0. The number of nitrogens with one attached hydrogen (secondary N) is 1. The monoisotopic (exact) mass is 283 g/mol. The quantitative estimate of drug-likeness (QED) is 0.505. The Morgan fingerprint density at radius 2 is 2.22 bits per heavy atom. The van der Waals surface area contributed by atoms with Crippen LogP contribution in [0.2, 0.25) is 0 Å². The molecule has 0 aromatic carbocycles. The number of nitrogen functional groups attached to an aromatic ring is 1. The van der Waals surface area contributed by atoms with Crippen molar-refractivity contribution in [1.29, 1.82) is 0 Å². The largest absolute Gasteiger partial charge is 0.307 e. The number of hydrogen-bond acceptors (Lipinski definition) is 5. The lowest BCUT2D eigenvalue weighted by atomic mass is 10.2. The Hall–Kier alpha value is -1.44. The number of hydrogen-bond donors (Lipinski definition) is 2. The summed E-state index contributed by atoms with van der Waals surface area (Å²) in [5.74, 6) is 4.80. The zero-order valence-electron chi connectivity index (χ0n) is 10.0. The van der Waals surface area contributed by atoms with Gasteiger partial charge in [-0.3, -0.25) is 19.6 Å². The van der Waals surface area contributed by atoms with Gasteiger partial charge in [0, 0.05) is 16.0 Å². The van der Waals surface area contributed by atoms with Crippen LogP contribution in [0.5, 0.6) is 0 Å². The van der Waals surface area contributed by atoms with Gasteiger partial charge in [0.15, 0.2) is 0 Å². The Labute approximate surface area is 112 Å². The second kappa shape index (κ2) is 5.05. The third-order valence-electron chi connectivity index (χ3n) is 2.68. The van der Waals surface area contributed by atoms with E-state index in [1.807, 2.05) is 19.2 Å². The van der Waals surface area contributed by atoms with E-state index in [4.69, 9.17) is 5.84 Å². The van der Waals surface area contributed by atoms with Gasteiger partial charge in [-0.15, -0.1) is 11.3 Å². The van der Waals surface area contributed by atoms with Crippen LogP contribution in [0.3, 0.4) is 0 Å². The number of aromatic nitrogens is 1. The topological polar surface area (TPSA) is 77.1 Å². The van der Waals surface area contributed by atoms with Gasteiger partial charge in [0.25, 0.3) is 5.91 Å². The summed E-state index contributed by atoms with van der Waals surface area (Å²) < 4.78 is 1.70. The standard InChI is InChI=1S/C11H13N3O2S2/c1-6-5-17-11(16)14(6)4-8-3-9(10(15)13-12)18-7(8)2/h3,5H,4,12H2,1-2H3,(H,13,15). The third kappa shape index (κ3) is 2.38. The maximum Gasteiger partial charge on any atom is 0.307 e. The van der Waals surface area contributed by atoms with Gasteiger partial charge in [-0.05, 0) is 25.5 Å². The van der Waals surface area contributed by atoms with Crippen LogP contribution in [0.1, 0.15) is 25.8 Å². The minimum absolute atomic E-state index is 0.0166. The average molecular weight is 283 g/mol. The minimum atomic E-state index is -0.302. The van der Waals surface area contributed by atoms with Gasteiger partial charge in [0.2, 0.25) is 0 Å². The van der Waals surface area contributed by atoms with Crippen molar-refractivity contribution in [3.8, 4) is 0 Å². The first-order valence-electron chi connectivity index (χ1n) is 5.28. The summed E-state index contributed by atoms with van der Waals surface area (Å²) in [5.41, 5.74) is 4.01. The number of thiophene rings is 1. The molecular formula is C11H13N3O2S2. The molecule has 0 fully saturated rings. The molecule has 5 nitrogen and oxygen atoms in total. The average Bonchev–Trinajstić information content (AvgIpc) is 2.86. The molecule has 0 saturated carbocycles. The van der Waals surface area contributed by atoms with E-state index >= 15 is 0 Å². The molecule has 0 bridgehead atoms. The molecule has 0 radical (unpaired) electrons. The highest BCUT2D eigenvalue weighted by molar-refractivity contribution is 7.14. The molecule has 0 spiro atoms. The molecule has 2 aromatic heterocycles. The Kier molecular flexibility index (Phi) is 3.65. The van der Waals surface area contributed by atoms with E-state index in [-0.39, 0.29) is 10.8 Å². The molecule has 0 atom stereocenters. The molecule has 2 rings (SSSR count). The lowest BCUT2D eigenvalue weighted by molar-refractivity contribution is 0.0957. The molecule has 18 heavy (non-hydrogen) atoms. The molecule has 0 aliphatic rings. The predicted molar refractivity (Wildman–Crippen MR) is 73.1 cm³/mol. The van der Waals surface area contributed by atoms with E-state index in [9.17, 15) is 9.59 Å². The minimum Gasteiger partial charge on any atom is -0.299 e. The zero-order chi connectivity index (χ0) is 13.3. The molecular weight excluding hydrogens is 270 g/mol. The van der Waals surface area contributed by atoms with Crippen molar-refractivity contribution in [2.45, 2.75) is 20.4 Å². The summed E-state index contributed by atoms with van der Waals surface area (Å²) in [6, 6.07) is 1.78. The van der Waals surface area contributed by atoms with E-state index in [2.05, 4.69) is 5.43 Å². The van der Waals surface area contributed by atoms with Crippen LogP contribution in [-0.2, 0) is 6.54 Å². The van der Waals surface area contributed by atoms with Crippen molar-refractivity contribution in [3.63, 3.8) is 0 Å². The highest BCUT2D eigenvalue weighted by atomic mass is 32.1. The lowest BCUT2D eigenvalue weighted by Crippen LogP contribution is -2.29. The van der Waals surface area contributed by atoms with Gasteiger partial charge < -0.3 is 0 Å². The summed E-state index contributed by atoms with van der Waals surface area (Å²) >= 11 is 2.56. The van der Waals surface area contributed by atoms with Gasteiger partial charge in [-0.1, -0.05) is 11.3 Å². The molecule has 0 unspecified atom stereocenters. The first-order chi connectivity index (χ1) is 8.52. The molecule has 7 heteroatoms. The van der Waals surface area contributed by atoms with Crippen molar-refractivity contribution < 1.29 is 4.79 Å². The Bertz CT molecular complexity index is 639. The van der Waals surface area contributed by atoms with Gasteiger partial charge in [-0.25, -0.2) is 5.84 Å². The summed E-state index contributed by atoms with van der Waals surface area (Å²) in [6.45, 7) is 4.32. The van der Waals surface area contributed by atoms with Gasteiger partial charge >= 0.3 is 4.87 Å². The Morgan fingerprint density at radius 3 is 2.78 bits per heavy atom. The van der Waals surface area contributed by atoms with Crippen LogP contribution in [-0.4, -0.2) is 10.5 Å². The second-order valence-electron chi connectivity index (χ2n) is 3.89. The summed E-state index contributed by atoms with van der Waals surface area (Å²) in [4.78, 5) is 24.7. The number of nitrogens with zero attached hydrogens (tertiary/aromatic N) is 1. The number of rotatable bonds is 3. The molecule has 0 aliphatic carbocycles. The molecule has 1 amide bonds. The van der Waals surface area contributed by atoms with Gasteiger partial charge in [-0.2, -0.15) is 0 Å². The molecule has 2 heterocycles. The Morgan fingerprint density at radius 1 is 1.50 bits per heavy atom. The van der Waals surface area contributed by atoms with Gasteiger partial charge in [0.05, 0.1) is 11.4 Å². The van der Waals surface area contributed by atoms with Crippen LogP contribution in [0.25, 0.3) is 0 Å². The smallest absolute Gasteiger partial charge is 0.299 e. The van der Waals surface area contributed by atoms with Crippen molar-refractivity contribution in [3.05, 3.63) is 42.1 Å². The maximum absolute atomic E-state index is 11.6. The molecule has 0 aliphatic heterocycles. The summed E-state index contributed by atoms with van der Waals surface area (Å²) in [5, 5.41) is 1.83. The summed E-state index contributed by atoms with van der Waals surface area (Å²) in [7, 11) is 0. The van der Waals surface area contributed by atoms with E-state index in [1.54, 1.807) is 10.6 Å². The van der Waals surface area contributed by atoms with E-state index in [0.29, 0.717) is 11.4 Å². The highest BCUT2D eigenvalue weighted by Gasteiger charge is 2.13. The maximum atomic E-state index is 11.6. The number of nitrogens with two attached hydrogens (primary N) is 1. The zero-order valence-corrected chi connectivity index (χ0v) is 11.7. The first-order valence-corrected chi connectivity index (χ1v) is 6.97. The number of amides is 1. The van der Waals surface area contributed by atoms with Gasteiger partial charge in [0.1, 0.15) is 0 Å². The normalized spacial score (nSPS) is 10.6. The molecule has 0 saturated heterocycles. The molecule has 3 N–H and O–H groups in total. The van der Waals surface area contributed by atoms with Crippen LogP contribution in [0.15, 0.2) is 16.2 Å². The van der Waals surface area contributed by atoms with E-state index < -0.39 is 0 Å². The van der Waals surface area contributed by atoms with E-state index in [0.717, 1.165) is 16.1 Å². The fraction of sp³-hybridized carbons (Fsp3) is 0.273. The Balaban J connectivity index is 2.33. The third-order valence-corrected chi connectivity index (χ3v) is 4.65. The van der Waals surface area contributed by atoms with Crippen LogP contribution >= 0.6 is 22.7 Å². The van der Waals surface area contributed by atoms with Crippen LogP contribution in [0, 0.1) is 13.8 Å². The number of carbonyl (C=O) groups is 1. The van der Waals surface area contributed by atoms with Crippen LogP contribution in [0.4, 0.5) is 0 Å². The highest BCUT2D eigenvalue weighted by Crippen LogP contribution is 2.22. The van der Waals surface area contributed by atoms with E-state index in [1.165, 1.54) is 22.7 Å². The van der Waals surface area contributed by atoms with Crippen LogP contribution < -0.4 is 16.1 Å². The number of thiazole rings is 1. The number of hydrazine groups is 1. The lowest BCUT2D eigenvalue weighted by Gasteiger charge is -2.03. The number of carbonyl (C=O) groups excluding carboxylic acids is 1. The SMILES string of the molecule is Cc1sc(C(=O)NN)cc1Cn1c(C)csc1=O.